The van der Waals surface area contributed by atoms with Crippen molar-refractivity contribution in [1.29, 1.82) is 0 Å². The first-order chi connectivity index (χ1) is 11.1. The van der Waals surface area contributed by atoms with E-state index in [4.69, 9.17) is 16.3 Å². The van der Waals surface area contributed by atoms with Crippen LogP contribution in [0.2, 0.25) is 5.02 Å². The van der Waals surface area contributed by atoms with Crippen molar-refractivity contribution in [3.8, 4) is 5.75 Å². The van der Waals surface area contributed by atoms with E-state index >= 15 is 0 Å². The molecule has 1 heterocycles. The zero-order valence-electron chi connectivity index (χ0n) is 13.3. The first kappa shape index (κ1) is 17.0. The number of amides is 1. The SMILES string of the molecule is CCN(CC)c1ccc(C(=O)Nc2cc(Cl)ccc2OC)nn1. The molecule has 1 N–H and O–H groups in total. The van der Waals surface area contributed by atoms with Crippen molar-refractivity contribution in [2.24, 2.45) is 0 Å². The van der Waals surface area contributed by atoms with Crippen LogP contribution in [0.25, 0.3) is 0 Å². The van der Waals surface area contributed by atoms with Crippen LogP contribution in [-0.2, 0) is 0 Å². The molecule has 0 atom stereocenters. The maximum absolute atomic E-state index is 12.3. The van der Waals surface area contributed by atoms with Gasteiger partial charge in [-0.3, -0.25) is 4.79 Å². The molecule has 122 valence electrons. The fourth-order valence-electron chi connectivity index (χ4n) is 2.13. The summed E-state index contributed by atoms with van der Waals surface area (Å²) in [5.74, 6) is 0.895. The Morgan fingerprint density at radius 1 is 1.22 bits per heavy atom. The van der Waals surface area contributed by atoms with E-state index in [1.807, 2.05) is 13.8 Å². The Bertz CT molecular complexity index is 672. The lowest BCUT2D eigenvalue weighted by atomic mass is 10.2. The van der Waals surface area contributed by atoms with Gasteiger partial charge in [0.1, 0.15) is 5.75 Å². The topological polar surface area (TPSA) is 67.4 Å². The summed E-state index contributed by atoms with van der Waals surface area (Å²) < 4.78 is 5.20. The Morgan fingerprint density at radius 3 is 2.52 bits per heavy atom. The summed E-state index contributed by atoms with van der Waals surface area (Å²) in [7, 11) is 1.53. The molecule has 0 aliphatic heterocycles. The van der Waals surface area contributed by atoms with E-state index in [9.17, 15) is 4.79 Å². The highest BCUT2D eigenvalue weighted by Crippen LogP contribution is 2.28. The number of nitrogens with one attached hydrogen (secondary N) is 1. The summed E-state index contributed by atoms with van der Waals surface area (Å²) in [5, 5.41) is 11.3. The van der Waals surface area contributed by atoms with Crippen LogP contribution in [0.1, 0.15) is 24.3 Å². The van der Waals surface area contributed by atoms with E-state index in [1.165, 1.54) is 7.11 Å². The molecule has 0 fully saturated rings. The van der Waals surface area contributed by atoms with Gasteiger partial charge in [-0.05, 0) is 44.2 Å². The highest BCUT2D eigenvalue weighted by Gasteiger charge is 2.13. The van der Waals surface area contributed by atoms with E-state index in [2.05, 4.69) is 20.4 Å². The molecule has 2 aromatic rings. The van der Waals surface area contributed by atoms with Gasteiger partial charge in [-0.2, -0.15) is 0 Å². The number of hydrogen-bond donors (Lipinski definition) is 1. The number of methoxy groups -OCH3 is 1. The van der Waals surface area contributed by atoms with Crippen LogP contribution < -0.4 is 15.0 Å². The minimum atomic E-state index is -0.371. The summed E-state index contributed by atoms with van der Waals surface area (Å²) in [4.78, 5) is 14.3. The second kappa shape index (κ2) is 7.78. The van der Waals surface area contributed by atoms with E-state index in [-0.39, 0.29) is 11.6 Å². The van der Waals surface area contributed by atoms with E-state index in [0.29, 0.717) is 16.5 Å². The number of ether oxygens (including phenoxy) is 1. The van der Waals surface area contributed by atoms with Gasteiger partial charge in [0, 0.05) is 18.1 Å². The largest absolute Gasteiger partial charge is 0.495 e. The molecule has 7 heteroatoms. The van der Waals surface area contributed by atoms with Gasteiger partial charge in [0.2, 0.25) is 0 Å². The molecular weight excluding hydrogens is 316 g/mol. The number of benzene rings is 1. The molecule has 0 bridgehead atoms. The average molecular weight is 335 g/mol. The van der Waals surface area contributed by atoms with Crippen LogP contribution >= 0.6 is 11.6 Å². The zero-order valence-corrected chi connectivity index (χ0v) is 14.1. The van der Waals surface area contributed by atoms with Gasteiger partial charge < -0.3 is 15.0 Å². The minimum absolute atomic E-state index is 0.225. The molecule has 0 aliphatic carbocycles. The maximum Gasteiger partial charge on any atom is 0.276 e. The molecule has 2 rings (SSSR count). The highest BCUT2D eigenvalue weighted by atomic mass is 35.5. The third-order valence-electron chi connectivity index (χ3n) is 3.38. The number of carbonyl (C=O) groups excluding carboxylic acids is 1. The molecule has 0 saturated carbocycles. The summed E-state index contributed by atoms with van der Waals surface area (Å²) in [5.41, 5.74) is 0.711. The van der Waals surface area contributed by atoms with Crippen LogP contribution in [-0.4, -0.2) is 36.3 Å². The Balaban J connectivity index is 2.17. The fraction of sp³-hybridized carbons (Fsp3) is 0.312. The molecule has 23 heavy (non-hydrogen) atoms. The van der Waals surface area contributed by atoms with Crippen molar-refractivity contribution >= 4 is 29.0 Å². The summed E-state index contributed by atoms with van der Waals surface area (Å²) in [6.45, 7) is 5.74. The first-order valence-corrected chi connectivity index (χ1v) is 7.70. The molecular formula is C16H19ClN4O2. The number of anilines is 2. The van der Waals surface area contributed by atoms with Crippen molar-refractivity contribution in [3.05, 3.63) is 41.0 Å². The van der Waals surface area contributed by atoms with Gasteiger partial charge >= 0.3 is 0 Å². The smallest absolute Gasteiger partial charge is 0.276 e. The predicted molar refractivity (Wildman–Crippen MR) is 91.6 cm³/mol. The fourth-order valence-corrected chi connectivity index (χ4v) is 2.30. The lowest BCUT2D eigenvalue weighted by Crippen LogP contribution is -2.24. The number of rotatable bonds is 6. The molecule has 0 spiro atoms. The van der Waals surface area contributed by atoms with Crippen LogP contribution in [0.4, 0.5) is 11.5 Å². The maximum atomic E-state index is 12.3. The molecule has 1 aromatic heterocycles. The van der Waals surface area contributed by atoms with Crippen molar-refractivity contribution in [2.45, 2.75) is 13.8 Å². The van der Waals surface area contributed by atoms with Gasteiger partial charge in [0.25, 0.3) is 5.91 Å². The van der Waals surface area contributed by atoms with Gasteiger partial charge in [0.15, 0.2) is 11.5 Å². The highest BCUT2D eigenvalue weighted by molar-refractivity contribution is 6.31. The second-order valence-electron chi connectivity index (χ2n) is 4.75. The molecule has 6 nitrogen and oxygen atoms in total. The van der Waals surface area contributed by atoms with Crippen LogP contribution in [0.15, 0.2) is 30.3 Å². The van der Waals surface area contributed by atoms with Gasteiger partial charge in [-0.1, -0.05) is 11.6 Å². The monoisotopic (exact) mass is 334 g/mol. The minimum Gasteiger partial charge on any atom is -0.495 e. The van der Waals surface area contributed by atoms with Crippen LogP contribution in [0.5, 0.6) is 5.75 Å². The molecule has 0 unspecified atom stereocenters. The molecule has 1 aromatic carbocycles. The lowest BCUT2D eigenvalue weighted by molar-refractivity contribution is 0.102. The summed E-state index contributed by atoms with van der Waals surface area (Å²) >= 11 is 5.95. The molecule has 0 aliphatic rings. The standard InChI is InChI=1S/C16H19ClN4O2/c1-4-21(5-2)15-9-7-12(19-20-15)16(22)18-13-10-11(17)6-8-14(13)23-3/h6-10H,4-5H2,1-3H3,(H,18,22). The van der Waals surface area contributed by atoms with Crippen LogP contribution in [0.3, 0.4) is 0 Å². The Labute approximate surface area is 140 Å². The van der Waals surface area contributed by atoms with Gasteiger partial charge in [0.05, 0.1) is 12.8 Å². The van der Waals surface area contributed by atoms with Crippen molar-refractivity contribution < 1.29 is 9.53 Å². The Morgan fingerprint density at radius 2 is 1.96 bits per heavy atom. The first-order valence-electron chi connectivity index (χ1n) is 7.32. The van der Waals surface area contributed by atoms with Crippen molar-refractivity contribution in [1.82, 2.24) is 10.2 Å². The zero-order chi connectivity index (χ0) is 16.8. The molecule has 1 amide bonds. The van der Waals surface area contributed by atoms with E-state index in [1.54, 1.807) is 30.3 Å². The molecule has 0 saturated heterocycles. The van der Waals surface area contributed by atoms with Crippen molar-refractivity contribution in [2.75, 3.05) is 30.4 Å². The lowest BCUT2D eigenvalue weighted by Gasteiger charge is -2.18. The summed E-state index contributed by atoms with van der Waals surface area (Å²) in [6, 6.07) is 8.43. The van der Waals surface area contributed by atoms with E-state index in [0.717, 1.165) is 18.9 Å². The Hall–Kier alpha value is -2.34. The van der Waals surface area contributed by atoms with Gasteiger partial charge in [-0.25, -0.2) is 0 Å². The third-order valence-corrected chi connectivity index (χ3v) is 3.62. The molecule has 0 radical (unpaired) electrons. The van der Waals surface area contributed by atoms with E-state index < -0.39 is 0 Å². The normalized spacial score (nSPS) is 10.3. The average Bonchev–Trinajstić information content (AvgIpc) is 2.57. The number of nitrogens with zero attached hydrogens (tertiary/aromatic N) is 3. The van der Waals surface area contributed by atoms with Crippen molar-refractivity contribution in [3.63, 3.8) is 0 Å². The number of hydrogen-bond acceptors (Lipinski definition) is 5. The second-order valence-corrected chi connectivity index (χ2v) is 5.18. The van der Waals surface area contributed by atoms with Gasteiger partial charge in [-0.15, -0.1) is 10.2 Å². The quantitative estimate of drug-likeness (QED) is 0.878. The number of halogens is 1. The summed E-state index contributed by atoms with van der Waals surface area (Å²) in [6.07, 6.45) is 0. The number of aromatic nitrogens is 2. The predicted octanol–water partition coefficient (Wildman–Crippen LogP) is 3.24. The number of carbonyl (C=O) groups is 1. The third kappa shape index (κ3) is 4.10. The Kier molecular flexibility index (Phi) is 5.76. The van der Waals surface area contributed by atoms with Crippen LogP contribution in [0, 0.1) is 0 Å².